The number of carbonyl (C=O) groups excluding carboxylic acids is 1. The predicted molar refractivity (Wildman–Crippen MR) is 104 cm³/mol. The van der Waals surface area contributed by atoms with Crippen molar-refractivity contribution >= 4 is 16.6 Å². The van der Waals surface area contributed by atoms with Crippen molar-refractivity contribution < 1.29 is 9.90 Å². The van der Waals surface area contributed by atoms with E-state index in [1.807, 2.05) is 59.2 Å². The molecular weight excluding hydrogens is 324 g/mol. The van der Waals surface area contributed by atoms with Gasteiger partial charge >= 0.3 is 0 Å². The third-order valence-corrected chi connectivity index (χ3v) is 5.43. The molecule has 1 N–H and O–H groups in total. The molecule has 1 aliphatic rings. The van der Waals surface area contributed by atoms with Crippen molar-refractivity contribution in [3.8, 4) is 5.88 Å². The molecule has 1 aromatic heterocycles. The Morgan fingerprint density at radius 1 is 1.00 bits per heavy atom. The van der Waals surface area contributed by atoms with Crippen LogP contribution in [0.15, 0.2) is 60.8 Å². The highest BCUT2D eigenvalue weighted by Crippen LogP contribution is 2.33. The first-order valence-corrected chi connectivity index (χ1v) is 9.31. The number of aromatic nitrogens is 1. The Kier molecular flexibility index (Phi) is 4.76. The summed E-state index contributed by atoms with van der Waals surface area (Å²) in [6.07, 6.45) is 4.61. The number of likely N-dealkylation sites (tertiary alicyclic amines) is 1. The number of fused-ring (bicyclic) bond motifs is 1. The normalized spacial score (nSPS) is 16.2. The molecule has 0 aliphatic carbocycles. The molecule has 26 heavy (non-hydrogen) atoms. The van der Waals surface area contributed by atoms with Crippen molar-refractivity contribution in [1.29, 1.82) is 0 Å². The Balaban J connectivity index is 1.34. The van der Waals surface area contributed by atoms with Crippen molar-refractivity contribution in [2.45, 2.75) is 25.3 Å². The van der Waals surface area contributed by atoms with Gasteiger partial charge in [-0.25, -0.2) is 0 Å². The summed E-state index contributed by atoms with van der Waals surface area (Å²) < 4.78 is 2.02. The SMILES string of the molecule is O=C(CCN1CCC(n2cc3ccccc3c2O)CC1)c1ccccc1. The second-order valence-corrected chi connectivity index (χ2v) is 7.06. The molecule has 2 aromatic carbocycles. The second kappa shape index (κ2) is 7.34. The molecule has 0 bridgehead atoms. The van der Waals surface area contributed by atoms with Gasteiger partial charge in [0, 0.05) is 54.6 Å². The lowest BCUT2D eigenvalue weighted by molar-refractivity contribution is 0.0951. The summed E-state index contributed by atoms with van der Waals surface area (Å²) >= 11 is 0. The highest BCUT2D eigenvalue weighted by molar-refractivity contribution is 5.96. The van der Waals surface area contributed by atoms with Crippen molar-refractivity contribution in [3.63, 3.8) is 0 Å². The van der Waals surface area contributed by atoms with Gasteiger partial charge < -0.3 is 14.6 Å². The molecule has 0 radical (unpaired) electrons. The Hall–Kier alpha value is -2.59. The van der Waals surface area contributed by atoms with Gasteiger partial charge in [0.15, 0.2) is 11.7 Å². The number of aromatic hydroxyl groups is 1. The number of hydrogen-bond acceptors (Lipinski definition) is 3. The van der Waals surface area contributed by atoms with Crippen LogP contribution in [0.2, 0.25) is 0 Å². The van der Waals surface area contributed by atoms with E-state index in [-0.39, 0.29) is 5.78 Å². The lowest BCUT2D eigenvalue weighted by Gasteiger charge is -2.32. The monoisotopic (exact) mass is 348 g/mol. The number of carbonyl (C=O) groups is 1. The number of piperidine rings is 1. The average Bonchev–Trinajstić information content (AvgIpc) is 3.04. The minimum atomic E-state index is 0.210. The van der Waals surface area contributed by atoms with E-state index >= 15 is 0 Å². The number of ketones is 1. The molecule has 4 nitrogen and oxygen atoms in total. The van der Waals surface area contributed by atoms with Gasteiger partial charge in [0.1, 0.15) is 0 Å². The molecule has 134 valence electrons. The predicted octanol–water partition coefficient (Wildman–Crippen LogP) is 4.26. The number of rotatable bonds is 5. The highest BCUT2D eigenvalue weighted by Gasteiger charge is 2.23. The third kappa shape index (κ3) is 3.37. The molecule has 1 aliphatic heterocycles. The van der Waals surface area contributed by atoms with Gasteiger partial charge in [-0.15, -0.1) is 0 Å². The van der Waals surface area contributed by atoms with E-state index in [4.69, 9.17) is 0 Å². The first kappa shape index (κ1) is 16.9. The molecule has 0 saturated carbocycles. The Bertz CT molecular complexity index is 893. The molecule has 3 aromatic rings. The Labute approximate surface area is 153 Å². The quantitative estimate of drug-likeness (QED) is 0.701. The molecule has 2 heterocycles. The summed E-state index contributed by atoms with van der Waals surface area (Å²) in [5.41, 5.74) is 0.798. The van der Waals surface area contributed by atoms with E-state index in [0.717, 1.165) is 48.8 Å². The summed E-state index contributed by atoms with van der Waals surface area (Å²) in [6, 6.07) is 17.8. The maximum absolute atomic E-state index is 12.3. The number of benzene rings is 2. The summed E-state index contributed by atoms with van der Waals surface area (Å²) in [7, 11) is 0. The molecule has 4 heteroatoms. The number of hydrogen-bond donors (Lipinski definition) is 1. The van der Waals surface area contributed by atoms with Crippen LogP contribution in [-0.4, -0.2) is 40.0 Å². The zero-order valence-electron chi connectivity index (χ0n) is 14.8. The fraction of sp³-hybridized carbons (Fsp3) is 0.318. The van der Waals surface area contributed by atoms with E-state index in [1.165, 1.54) is 0 Å². The zero-order chi connectivity index (χ0) is 17.9. The van der Waals surface area contributed by atoms with E-state index < -0.39 is 0 Å². The number of nitrogens with zero attached hydrogens (tertiary/aromatic N) is 2. The molecule has 0 unspecified atom stereocenters. The van der Waals surface area contributed by atoms with Gasteiger partial charge in [-0.2, -0.15) is 0 Å². The first-order chi connectivity index (χ1) is 12.7. The number of Topliss-reactive ketones (excluding diaryl/α,β-unsaturated/α-hetero) is 1. The fourth-order valence-electron chi connectivity index (χ4n) is 3.89. The molecule has 1 saturated heterocycles. The standard InChI is InChI=1S/C22H24N2O2/c25-21(17-6-2-1-3-7-17)12-15-23-13-10-19(11-14-23)24-16-18-8-4-5-9-20(18)22(24)26/h1-9,16,19,26H,10-15H2. The summed E-state index contributed by atoms with van der Waals surface area (Å²) in [5, 5.41) is 12.5. The van der Waals surface area contributed by atoms with Crippen LogP contribution >= 0.6 is 0 Å². The molecule has 1 fully saturated rings. The van der Waals surface area contributed by atoms with Crippen molar-refractivity contribution in [2.24, 2.45) is 0 Å². The van der Waals surface area contributed by atoms with Crippen LogP contribution in [-0.2, 0) is 0 Å². The Morgan fingerprint density at radius 3 is 2.42 bits per heavy atom. The van der Waals surface area contributed by atoms with Gasteiger partial charge in [0.05, 0.1) is 0 Å². The van der Waals surface area contributed by atoms with Gasteiger partial charge in [0.2, 0.25) is 0 Å². The van der Waals surface area contributed by atoms with Gasteiger partial charge in [0.25, 0.3) is 0 Å². The fourth-order valence-corrected chi connectivity index (χ4v) is 3.89. The first-order valence-electron chi connectivity index (χ1n) is 9.31. The van der Waals surface area contributed by atoms with Gasteiger partial charge in [-0.3, -0.25) is 4.79 Å². The Morgan fingerprint density at radius 2 is 1.69 bits per heavy atom. The lowest BCUT2D eigenvalue weighted by Crippen LogP contribution is -2.35. The summed E-state index contributed by atoms with van der Waals surface area (Å²) in [4.78, 5) is 14.6. The van der Waals surface area contributed by atoms with E-state index in [9.17, 15) is 9.90 Å². The van der Waals surface area contributed by atoms with Crippen molar-refractivity contribution in [3.05, 3.63) is 66.4 Å². The maximum Gasteiger partial charge on any atom is 0.199 e. The van der Waals surface area contributed by atoms with E-state index in [1.54, 1.807) is 0 Å². The topological polar surface area (TPSA) is 45.5 Å². The molecule has 0 atom stereocenters. The molecule has 4 rings (SSSR count). The molecular formula is C22H24N2O2. The zero-order valence-corrected chi connectivity index (χ0v) is 14.8. The van der Waals surface area contributed by atoms with Crippen LogP contribution in [0.1, 0.15) is 35.7 Å². The largest absolute Gasteiger partial charge is 0.494 e. The lowest BCUT2D eigenvalue weighted by atomic mass is 10.0. The minimum Gasteiger partial charge on any atom is -0.494 e. The summed E-state index contributed by atoms with van der Waals surface area (Å²) in [6.45, 7) is 2.72. The third-order valence-electron chi connectivity index (χ3n) is 5.43. The van der Waals surface area contributed by atoms with Crippen molar-refractivity contribution in [2.75, 3.05) is 19.6 Å². The van der Waals surface area contributed by atoms with Gasteiger partial charge in [-0.1, -0.05) is 48.5 Å². The van der Waals surface area contributed by atoms with Crippen LogP contribution in [0.4, 0.5) is 0 Å². The maximum atomic E-state index is 12.3. The van der Waals surface area contributed by atoms with Crippen LogP contribution in [0.5, 0.6) is 5.88 Å². The van der Waals surface area contributed by atoms with Crippen LogP contribution in [0, 0.1) is 0 Å². The minimum absolute atomic E-state index is 0.210. The summed E-state index contributed by atoms with van der Waals surface area (Å²) in [5.74, 6) is 0.584. The average molecular weight is 348 g/mol. The van der Waals surface area contributed by atoms with E-state index in [0.29, 0.717) is 18.3 Å². The molecule has 0 spiro atoms. The van der Waals surface area contributed by atoms with Crippen LogP contribution < -0.4 is 0 Å². The van der Waals surface area contributed by atoms with Gasteiger partial charge in [-0.05, 0) is 18.9 Å². The van der Waals surface area contributed by atoms with Crippen molar-refractivity contribution in [1.82, 2.24) is 9.47 Å². The second-order valence-electron chi connectivity index (χ2n) is 7.06. The van der Waals surface area contributed by atoms with Crippen LogP contribution in [0.3, 0.4) is 0 Å². The highest BCUT2D eigenvalue weighted by atomic mass is 16.3. The smallest absolute Gasteiger partial charge is 0.199 e. The molecule has 0 amide bonds. The van der Waals surface area contributed by atoms with E-state index in [2.05, 4.69) is 11.1 Å². The van der Waals surface area contributed by atoms with Crippen LogP contribution in [0.25, 0.3) is 10.8 Å².